The lowest BCUT2D eigenvalue weighted by molar-refractivity contribution is -0.121. The molecule has 0 spiro atoms. The van der Waals surface area contributed by atoms with Gasteiger partial charge in [0.2, 0.25) is 5.91 Å². The van der Waals surface area contributed by atoms with E-state index >= 15 is 0 Å². The van der Waals surface area contributed by atoms with Crippen LogP contribution in [0.4, 0.5) is 0 Å². The number of hydrogen-bond donors (Lipinski definition) is 2. The van der Waals surface area contributed by atoms with Gasteiger partial charge in [-0.2, -0.15) is 0 Å². The predicted molar refractivity (Wildman–Crippen MR) is 96.3 cm³/mol. The zero-order valence-corrected chi connectivity index (χ0v) is 14.9. The molecule has 0 aliphatic carbocycles. The van der Waals surface area contributed by atoms with E-state index < -0.39 is 0 Å². The fourth-order valence-corrected chi connectivity index (χ4v) is 3.08. The highest BCUT2D eigenvalue weighted by atomic mass is 35.5. The van der Waals surface area contributed by atoms with Gasteiger partial charge in [0.05, 0.1) is 0 Å². The minimum absolute atomic E-state index is 0.0240. The first kappa shape index (κ1) is 18.7. The molecule has 1 heterocycles. The highest BCUT2D eigenvalue weighted by molar-refractivity contribution is 6.30. The Morgan fingerprint density at radius 3 is 2.46 bits per heavy atom. The van der Waals surface area contributed by atoms with Gasteiger partial charge in [0.25, 0.3) is 5.91 Å². The number of nitrogens with one attached hydrogen (secondary N) is 2. The molecular weight excluding hydrogens is 326 g/mol. The summed E-state index contributed by atoms with van der Waals surface area (Å²) in [5, 5.41) is 6.33. The summed E-state index contributed by atoms with van der Waals surface area (Å²) >= 11 is 5.79. The van der Waals surface area contributed by atoms with Gasteiger partial charge in [-0.15, -0.1) is 0 Å². The van der Waals surface area contributed by atoms with Crippen molar-refractivity contribution in [1.29, 1.82) is 0 Å². The van der Waals surface area contributed by atoms with Crippen LogP contribution >= 0.6 is 11.6 Å². The minimum atomic E-state index is -0.192. The van der Waals surface area contributed by atoms with Crippen LogP contribution < -0.4 is 10.6 Å². The lowest BCUT2D eigenvalue weighted by Gasteiger charge is -2.26. The largest absolute Gasteiger partial charge is 0.354 e. The highest BCUT2D eigenvalue weighted by Crippen LogP contribution is 2.13. The monoisotopic (exact) mass is 351 g/mol. The molecule has 24 heavy (non-hydrogen) atoms. The highest BCUT2D eigenvalue weighted by Gasteiger charge is 2.20. The van der Waals surface area contributed by atoms with Crippen LogP contribution in [0.5, 0.6) is 0 Å². The van der Waals surface area contributed by atoms with E-state index in [0.29, 0.717) is 29.7 Å². The van der Waals surface area contributed by atoms with Gasteiger partial charge in [0.15, 0.2) is 0 Å². The Hall–Kier alpha value is -1.59. The second kappa shape index (κ2) is 9.64. The molecule has 1 aromatic carbocycles. The van der Waals surface area contributed by atoms with E-state index in [-0.39, 0.29) is 18.2 Å². The topological polar surface area (TPSA) is 61.4 Å². The van der Waals surface area contributed by atoms with E-state index in [1.165, 1.54) is 12.8 Å². The van der Waals surface area contributed by atoms with Crippen LogP contribution in [0.2, 0.25) is 5.02 Å². The number of amides is 2. The van der Waals surface area contributed by atoms with Crippen LogP contribution in [0.25, 0.3) is 0 Å². The maximum Gasteiger partial charge on any atom is 0.251 e. The summed E-state index contributed by atoms with van der Waals surface area (Å²) in [5.41, 5.74) is 0.542. The molecule has 0 bridgehead atoms. The number of carbonyl (C=O) groups excluding carboxylic acids is 2. The van der Waals surface area contributed by atoms with Crippen molar-refractivity contribution < 1.29 is 9.59 Å². The third-order valence-corrected chi connectivity index (χ3v) is 4.66. The quantitative estimate of drug-likeness (QED) is 0.756. The molecule has 2 N–H and O–H groups in total. The van der Waals surface area contributed by atoms with E-state index in [0.717, 1.165) is 19.5 Å². The van der Waals surface area contributed by atoms with Crippen LogP contribution in [0.3, 0.4) is 0 Å². The first-order chi connectivity index (χ1) is 11.6. The van der Waals surface area contributed by atoms with Crippen LogP contribution in [0.15, 0.2) is 24.3 Å². The maximum atomic E-state index is 11.9. The van der Waals surface area contributed by atoms with E-state index in [2.05, 4.69) is 22.5 Å². The molecule has 1 atom stereocenters. The molecule has 1 aromatic rings. The summed E-state index contributed by atoms with van der Waals surface area (Å²) in [6.07, 6.45) is 3.83. The van der Waals surface area contributed by atoms with Crippen molar-refractivity contribution in [1.82, 2.24) is 15.5 Å². The number of hydrogen-bond acceptors (Lipinski definition) is 3. The first-order valence-electron chi connectivity index (χ1n) is 8.64. The van der Waals surface area contributed by atoms with E-state index in [1.807, 2.05) is 0 Å². The van der Waals surface area contributed by atoms with Gasteiger partial charge in [0, 0.05) is 36.1 Å². The van der Waals surface area contributed by atoms with Gasteiger partial charge < -0.3 is 10.6 Å². The molecule has 2 amide bonds. The summed E-state index contributed by atoms with van der Waals surface area (Å²) in [5.74, 6) is -0.216. The average Bonchev–Trinajstić information content (AvgIpc) is 3.10. The molecule has 2 rings (SSSR count). The number of benzene rings is 1. The molecular formula is C18H26ClN3O2. The molecule has 1 saturated heterocycles. The van der Waals surface area contributed by atoms with Gasteiger partial charge in [-0.1, -0.05) is 18.5 Å². The van der Waals surface area contributed by atoms with E-state index in [1.54, 1.807) is 24.3 Å². The third kappa shape index (κ3) is 5.80. The zero-order valence-electron chi connectivity index (χ0n) is 14.2. The van der Waals surface area contributed by atoms with Crippen LogP contribution in [-0.4, -0.2) is 48.9 Å². The zero-order chi connectivity index (χ0) is 17.4. The van der Waals surface area contributed by atoms with Crippen LogP contribution in [0.1, 0.15) is 43.0 Å². The number of nitrogens with zero attached hydrogens (tertiary/aromatic N) is 1. The Bertz CT molecular complexity index is 542. The van der Waals surface area contributed by atoms with Gasteiger partial charge in [-0.05, 0) is 56.6 Å². The smallest absolute Gasteiger partial charge is 0.251 e. The van der Waals surface area contributed by atoms with Crippen LogP contribution in [0, 0.1) is 0 Å². The normalized spacial score (nSPS) is 15.9. The van der Waals surface area contributed by atoms with Crippen molar-refractivity contribution in [2.75, 3.05) is 26.2 Å². The molecule has 1 fully saturated rings. The molecule has 5 nitrogen and oxygen atoms in total. The molecule has 1 aliphatic rings. The van der Waals surface area contributed by atoms with Gasteiger partial charge in [0.1, 0.15) is 0 Å². The minimum Gasteiger partial charge on any atom is -0.354 e. The Morgan fingerprint density at radius 2 is 1.83 bits per heavy atom. The Kier molecular flexibility index (Phi) is 7.53. The SMILES string of the molecule is CCC(CNC(=O)CCNC(=O)c1ccc(Cl)cc1)N1CCCC1. The average molecular weight is 352 g/mol. The first-order valence-corrected chi connectivity index (χ1v) is 9.02. The molecule has 132 valence electrons. The molecule has 0 radical (unpaired) electrons. The summed E-state index contributed by atoms with van der Waals surface area (Å²) in [4.78, 5) is 26.3. The second-order valence-electron chi connectivity index (χ2n) is 6.12. The Balaban J connectivity index is 1.65. The van der Waals surface area contributed by atoms with E-state index in [4.69, 9.17) is 11.6 Å². The fourth-order valence-electron chi connectivity index (χ4n) is 2.95. The summed E-state index contributed by atoms with van der Waals surface area (Å²) in [6, 6.07) is 7.10. The summed E-state index contributed by atoms with van der Waals surface area (Å²) in [7, 11) is 0. The van der Waals surface area contributed by atoms with Crippen molar-refractivity contribution >= 4 is 23.4 Å². The van der Waals surface area contributed by atoms with Crippen molar-refractivity contribution in [2.24, 2.45) is 0 Å². The van der Waals surface area contributed by atoms with Crippen molar-refractivity contribution in [3.63, 3.8) is 0 Å². The molecule has 0 aromatic heterocycles. The van der Waals surface area contributed by atoms with Crippen molar-refractivity contribution in [3.05, 3.63) is 34.9 Å². The lowest BCUT2D eigenvalue weighted by atomic mass is 10.2. The van der Waals surface area contributed by atoms with E-state index in [9.17, 15) is 9.59 Å². The third-order valence-electron chi connectivity index (χ3n) is 4.41. The molecule has 0 saturated carbocycles. The lowest BCUT2D eigenvalue weighted by Crippen LogP contribution is -2.42. The van der Waals surface area contributed by atoms with Gasteiger partial charge >= 0.3 is 0 Å². The number of carbonyl (C=O) groups is 2. The second-order valence-corrected chi connectivity index (χ2v) is 6.56. The predicted octanol–water partition coefficient (Wildman–Crippen LogP) is 2.45. The van der Waals surface area contributed by atoms with Crippen molar-refractivity contribution in [3.8, 4) is 0 Å². The van der Waals surface area contributed by atoms with Crippen LogP contribution in [-0.2, 0) is 4.79 Å². The standard InChI is InChI=1S/C18H26ClN3O2/c1-2-16(22-11-3-4-12-22)13-21-17(23)9-10-20-18(24)14-5-7-15(19)8-6-14/h5-8,16H,2-4,9-13H2,1H3,(H,20,24)(H,21,23). The molecule has 6 heteroatoms. The van der Waals surface area contributed by atoms with Crippen molar-refractivity contribution in [2.45, 2.75) is 38.6 Å². The fraction of sp³-hybridized carbons (Fsp3) is 0.556. The van der Waals surface area contributed by atoms with Gasteiger partial charge in [-0.3, -0.25) is 14.5 Å². The number of halogens is 1. The Labute approximate surface area is 148 Å². The maximum absolute atomic E-state index is 11.9. The summed E-state index contributed by atoms with van der Waals surface area (Å²) < 4.78 is 0. The van der Waals surface area contributed by atoms with Gasteiger partial charge in [-0.25, -0.2) is 0 Å². The Morgan fingerprint density at radius 1 is 1.17 bits per heavy atom. The molecule has 1 unspecified atom stereocenters. The molecule has 1 aliphatic heterocycles. The summed E-state index contributed by atoms with van der Waals surface area (Å²) in [6.45, 7) is 5.42. The number of likely N-dealkylation sites (tertiary alicyclic amines) is 1. The number of rotatable bonds is 8.